The summed E-state index contributed by atoms with van der Waals surface area (Å²) in [6.45, 7) is 2.31. The van der Waals surface area contributed by atoms with Crippen molar-refractivity contribution in [2.75, 3.05) is 13.1 Å². The van der Waals surface area contributed by atoms with Crippen LogP contribution in [0.1, 0.15) is 42.9 Å². The molecule has 1 aliphatic carbocycles. The Bertz CT molecular complexity index is 399. The lowest BCUT2D eigenvalue weighted by atomic mass is 10.1. The summed E-state index contributed by atoms with van der Waals surface area (Å²) in [4.78, 5) is 0. The molecule has 0 bridgehead atoms. The van der Waals surface area contributed by atoms with Crippen LogP contribution in [-0.2, 0) is 6.42 Å². The minimum atomic E-state index is 0.398. The van der Waals surface area contributed by atoms with E-state index in [1.807, 2.05) is 6.07 Å². The van der Waals surface area contributed by atoms with E-state index in [-0.39, 0.29) is 0 Å². The molecule has 1 saturated heterocycles. The lowest BCUT2D eigenvalue weighted by Crippen LogP contribution is -2.43. The van der Waals surface area contributed by atoms with Gasteiger partial charge < -0.3 is 5.11 Å². The predicted octanol–water partition coefficient (Wildman–Crippen LogP) is 2.37. The summed E-state index contributed by atoms with van der Waals surface area (Å²) in [7, 11) is 0. The first-order valence-electron chi connectivity index (χ1n) is 6.66. The maximum absolute atomic E-state index is 9.81. The van der Waals surface area contributed by atoms with Crippen LogP contribution >= 0.6 is 0 Å². The molecule has 17 heavy (non-hydrogen) atoms. The highest BCUT2D eigenvalue weighted by Crippen LogP contribution is 2.36. The summed E-state index contributed by atoms with van der Waals surface area (Å²) >= 11 is 0. The maximum atomic E-state index is 9.81. The zero-order valence-electron chi connectivity index (χ0n) is 10.2. The van der Waals surface area contributed by atoms with Gasteiger partial charge in [-0.15, -0.1) is 0 Å². The van der Waals surface area contributed by atoms with Crippen molar-refractivity contribution >= 4 is 0 Å². The van der Waals surface area contributed by atoms with Crippen molar-refractivity contribution in [2.45, 2.75) is 38.1 Å². The molecule has 0 amide bonds. The van der Waals surface area contributed by atoms with Crippen molar-refractivity contribution in [2.24, 2.45) is 0 Å². The average Bonchev–Trinajstić information content (AvgIpc) is 2.76. The van der Waals surface area contributed by atoms with E-state index < -0.39 is 0 Å². The number of hydrogen-bond donors (Lipinski definition) is 2. The van der Waals surface area contributed by atoms with E-state index in [0.29, 0.717) is 11.8 Å². The Morgan fingerprint density at radius 3 is 2.82 bits per heavy atom. The van der Waals surface area contributed by atoms with Gasteiger partial charge in [0, 0.05) is 19.1 Å². The standard InChI is InChI=1S/C14H20N2O/c17-14-6-4-5-11-12(14)7-8-13(11)15-16-9-2-1-3-10-16/h4-6,13,15,17H,1-3,7-10H2. The smallest absolute Gasteiger partial charge is 0.119 e. The molecule has 1 aromatic carbocycles. The fourth-order valence-corrected chi connectivity index (χ4v) is 3.01. The molecule has 1 aromatic rings. The van der Waals surface area contributed by atoms with E-state index in [4.69, 9.17) is 0 Å². The minimum Gasteiger partial charge on any atom is -0.508 e. The molecule has 1 aliphatic heterocycles. The number of nitrogens with zero attached hydrogens (tertiary/aromatic N) is 1. The molecule has 3 nitrogen and oxygen atoms in total. The summed E-state index contributed by atoms with van der Waals surface area (Å²) in [5.41, 5.74) is 6.05. The number of fused-ring (bicyclic) bond motifs is 1. The first-order valence-corrected chi connectivity index (χ1v) is 6.66. The highest BCUT2D eigenvalue weighted by molar-refractivity contribution is 5.44. The number of aromatic hydroxyl groups is 1. The van der Waals surface area contributed by atoms with Crippen molar-refractivity contribution in [3.8, 4) is 5.75 Å². The molecular formula is C14H20N2O. The van der Waals surface area contributed by atoms with Gasteiger partial charge >= 0.3 is 0 Å². The van der Waals surface area contributed by atoms with E-state index >= 15 is 0 Å². The third-order valence-electron chi connectivity index (χ3n) is 3.94. The van der Waals surface area contributed by atoms with Crippen LogP contribution in [0.2, 0.25) is 0 Å². The lowest BCUT2D eigenvalue weighted by Gasteiger charge is -2.30. The first-order chi connectivity index (χ1) is 8.34. The summed E-state index contributed by atoms with van der Waals surface area (Å²) in [5, 5.41) is 12.2. The molecule has 1 unspecified atom stereocenters. The second-order valence-electron chi connectivity index (χ2n) is 5.11. The highest BCUT2D eigenvalue weighted by Gasteiger charge is 2.26. The molecule has 1 fully saturated rings. The van der Waals surface area contributed by atoms with Crippen molar-refractivity contribution in [3.63, 3.8) is 0 Å². The molecule has 1 heterocycles. The van der Waals surface area contributed by atoms with Gasteiger partial charge in [-0.3, -0.25) is 0 Å². The highest BCUT2D eigenvalue weighted by atomic mass is 16.3. The Morgan fingerprint density at radius 1 is 1.18 bits per heavy atom. The first kappa shape index (κ1) is 11.1. The number of piperidine rings is 1. The molecule has 3 heteroatoms. The van der Waals surface area contributed by atoms with E-state index in [1.165, 1.54) is 24.8 Å². The Balaban J connectivity index is 1.72. The molecule has 0 spiro atoms. The largest absolute Gasteiger partial charge is 0.508 e. The second kappa shape index (κ2) is 4.67. The maximum Gasteiger partial charge on any atom is 0.119 e. The molecule has 1 atom stereocenters. The van der Waals surface area contributed by atoms with Crippen LogP contribution in [-0.4, -0.2) is 23.2 Å². The van der Waals surface area contributed by atoms with Gasteiger partial charge in [0.1, 0.15) is 5.75 Å². The fourth-order valence-electron chi connectivity index (χ4n) is 3.01. The van der Waals surface area contributed by atoms with Crippen LogP contribution < -0.4 is 5.43 Å². The third-order valence-corrected chi connectivity index (χ3v) is 3.94. The second-order valence-corrected chi connectivity index (χ2v) is 5.11. The third kappa shape index (κ3) is 2.17. The number of phenols is 1. The summed E-state index contributed by atoms with van der Waals surface area (Å²) < 4.78 is 0. The molecule has 3 rings (SSSR count). The van der Waals surface area contributed by atoms with Gasteiger partial charge in [0.2, 0.25) is 0 Å². The number of hydrazine groups is 1. The minimum absolute atomic E-state index is 0.398. The molecule has 92 valence electrons. The molecule has 2 aliphatic rings. The fraction of sp³-hybridized carbons (Fsp3) is 0.571. The Kier molecular flexibility index (Phi) is 3.04. The number of benzene rings is 1. The van der Waals surface area contributed by atoms with Gasteiger partial charge in [-0.2, -0.15) is 0 Å². The van der Waals surface area contributed by atoms with E-state index in [0.717, 1.165) is 31.5 Å². The Morgan fingerprint density at radius 2 is 2.00 bits per heavy atom. The van der Waals surface area contributed by atoms with Gasteiger partial charge in [0.05, 0.1) is 0 Å². The van der Waals surface area contributed by atoms with Crippen LogP contribution in [0, 0.1) is 0 Å². The van der Waals surface area contributed by atoms with Crippen LogP contribution in [0.4, 0.5) is 0 Å². The SMILES string of the molecule is Oc1cccc2c1CCC2NN1CCCCC1. The number of hydrogen-bond acceptors (Lipinski definition) is 3. The predicted molar refractivity (Wildman–Crippen MR) is 67.7 cm³/mol. The zero-order chi connectivity index (χ0) is 11.7. The average molecular weight is 232 g/mol. The van der Waals surface area contributed by atoms with Crippen molar-refractivity contribution < 1.29 is 5.11 Å². The number of phenolic OH excluding ortho intramolecular Hbond substituents is 1. The van der Waals surface area contributed by atoms with E-state index in [2.05, 4.69) is 16.5 Å². The van der Waals surface area contributed by atoms with Crippen LogP contribution in [0.3, 0.4) is 0 Å². The van der Waals surface area contributed by atoms with Gasteiger partial charge in [-0.1, -0.05) is 18.6 Å². The van der Waals surface area contributed by atoms with Crippen molar-refractivity contribution in [1.29, 1.82) is 0 Å². The Labute approximate surface area is 102 Å². The van der Waals surface area contributed by atoms with Gasteiger partial charge in [0.15, 0.2) is 0 Å². The van der Waals surface area contributed by atoms with E-state index in [1.54, 1.807) is 6.07 Å². The molecule has 0 saturated carbocycles. The molecule has 2 N–H and O–H groups in total. The number of rotatable bonds is 2. The van der Waals surface area contributed by atoms with Crippen LogP contribution in [0.15, 0.2) is 18.2 Å². The normalized spacial score (nSPS) is 24.8. The van der Waals surface area contributed by atoms with Crippen LogP contribution in [0.5, 0.6) is 5.75 Å². The number of nitrogens with one attached hydrogen (secondary N) is 1. The molecule has 0 radical (unpaired) electrons. The van der Waals surface area contributed by atoms with Gasteiger partial charge in [0.25, 0.3) is 0 Å². The van der Waals surface area contributed by atoms with Gasteiger partial charge in [-0.25, -0.2) is 10.4 Å². The summed E-state index contributed by atoms with van der Waals surface area (Å²) in [6, 6.07) is 6.28. The molecule has 0 aromatic heterocycles. The summed E-state index contributed by atoms with van der Waals surface area (Å²) in [5.74, 6) is 0.463. The topological polar surface area (TPSA) is 35.5 Å². The zero-order valence-corrected chi connectivity index (χ0v) is 10.2. The Hall–Kier alpha value is -1.06. The van der Waals surface area contributed by atoms with Crippen LogP contribution in [0.25, 0.3) is 0 Å². The monoisotopic (exact) mass is 232 g/mol. The van der Waals surface area contributed by atoms with Gasteiger partial charge in [-0.05, 0) is 42.9 Å². The lowest BCUT2D eigenvalue weighted by molar-refractivity contribution is 0.128. The quantitative estimate of drug-likeness (QED) is 0.821. The van der Waals surface area contributed by atoms with Crippen molar-refractivity contribution in [1.82, 2.24) is 10.4 Å². The summed E-state index contributed by atoms with van der Waals surface area (Å²) in [6.07, 6.45) is 6.05. The van der Waals surface area contributed by atoms with E-state index in [9.17, 15) is 5.11 Å². The molecular weight excluding hydrogens is 212 g/mol. The van der Waals surface area contributed by atoms with Crippen molar-refractivity contribution in [3.05, 3.63) is 29.3 Å².